The molecule has 1 heterocycles. The lowest BCUT2D eigenvalue weighted by atomic mass is 10.1. The zero-order chi connectivity index (χ0) is 24.3. The van der Waals surface area contributed by atoms with E-state index in [9.17, 15) is 22.0 Å². The average Bonchev–Trinajstić information content (AvgIpc) is 3.20. The molecule has 0 saturated heterocycles. The van der Waals surface area contributed by atoms with Gasteiger partial charge in [-0.25, -0.2) is 18.6 Å². The first-order valence-electron chi connectivity index (χ1n) is 9.83. The zero-order valence-electron chi connectivity index (χ0n) is 18.1. The second-order valence-corrected chi connectivity index (χ2v) is 10.3. The van der Waals surface area contributed by atoms with Crippen LogP contribution in [0.1, 0.15) is 34.1 Å². The van der Waals surface area contributed by atoms with Gasteiger partial charge in [0.1, 0.15) is 24.3 Å². The summed E-state index contributed by atoms with van der Waals surface area (Å²) in [5.41, 5.74) is 1.26. The highest BCUT2D eigenvalue weighted by atomic mass is 32.2. The monoisotopic (exact) mass is 496 g/mol. The number of benzene rings is 2. The maximum atomic E-state index is 14.5. The van der Waals surface area contributed by atoms with Crippen LogP contribution in [0.2, 0.25) is 0 Å². The lowest BCUT2D eigenvalue weighted by molar-refractivity contribution is 0.0696. The van der Waals surface area contributed by atoms with Crippen molar-refractivity contribution in [2.45, 2.75) is 37.9 Å². The number of aromatic nitrogens is 1. The van der Waals surface area contributed by atoms with Crippen molar-refractivity contribution < 1.29 is 31.8 Å². The van der Waals surface area contributed by atoms with Gasteiger partial charge in [-0.3, -0.25) is 4.31 Å². The number of hydrogen-bond acceptors (Lipinski definition) is 6. The first kappa shape index (κ1) is 24.6. The van der Waals surface area contributed by atoms with Gasteiger partial charge in [0.05, 0.1) is 17.8 Å². The highest BCUT2D eigenvalue weighted by molar-refractivity contribution is 7.94. The molecule has 3 rings (SSSR count). The van der Waals surface area contributed by atoms with E-state index in [4.69, 9.17) is 9.84 Å². The van der Waals surface area contributed by atoms with Gasteiger partial charge in [-0.1, -0.05) is 12.1 Å². The molecule has 33 heavy (non-hydrogen) atoms. The maximum absolute atomic E-state index is 14.5. The Morgan fingerprint density at radius 1 is 1.24 bits per heavy atom. The summed E-state index contributed by atoms with van der Waals surface area (Å²) in [6, 6.07) is 8.26. The zero-order valence-corrected chi connectivity index (χ0v) is 19.7. The average molecular weight is 497 g/mol. The summed E-state index contributed by atoms with van der Waals surface area (Å²) in [7, 11) is -4.29. The number of aryl methyl sites for hydroxylation is 2. The minimum Gasteiger partial charge on any atom is -0.487 e. The van der Waals surface area contributed by atoms with Gasteiger partial charge in [0.15, 0.2) is 0 Å². The van der Waals surface area contributed by atoms with Gasteiger partial charge in [-0.05, 0) is 50.1 Å². The molecular formula is C22H22F2N2O5S2. The Balaban J connectivity index is 2.01. The van der Waals surface area contributed by atoms with Crippen LogP contribution in [-0.2, 0) is 16.6 Å². The van der Waals surface area contributed by atoms with E-state index in [0.717, 1.165) is 21.7 Å². The Kier molecular flexibility index (Phi) is 7.33. The predicted molar refractivity (Wildman–Crippen MR) is 121 cm³/mol. The van der Waals surface area contributed by atoms with E-state index in [2.05, 4.69) is 4.98 Å². The first-order valence-corrected chi connectivity index (χ1v) is 12.1. The normalized spacial score (nSPS) is 12.4. The summed E-state index contributed by atoms with van der Waals surface area (Å²) in [6.45, 7) is 3.72. The minimum atomic E-state index is -4.29. The van der Waals surface area contributed by atoms with E-state index < -0.39 is 34.5 Å². The van der Waals surface area contributed by atoms with Gasteiger partial charge in [0.2, 0.25) is 4.34 Å². The minimum absolute atomic E-state index is 0.0358. The second kappa shape index (κ2) is 9.84. The fourth-order valence-electron chi connectivity index (χ4n) is 2.96. The number of halogens is 2. The van der Waals surface area contributed by atoms with Crippen LogP contribution in [-0.4, -0.2) is 37.2 Å². The number of hydrogen-bond donors (Lipinski definition) is 1. The van der Waals surface area contributed by atoms with Crippen LogP contribution >= 0.6 is 11.3 Å². The van der Waals surface area contributed by atoms with Gasteiger partial charge in [0, 0.05) is 17.1 Å². The molecular weight excluding hydrogens is 474 g/mol. The third kappa shape index (κ3) is 5.66. The summed E-state index contributed by atoms with van der Waals surface area (Å²) >= 11 is 0.888. The number of anilines is 1. The number of ether oxygens (including phenoxy) is 1. The molecule has 1 unspecified atom stereocenters. The van der Waals surface area contributed by atoms with E-state index in [1.807, 2.05) is 0 Å². The van der Waals surface area contributed by atoms with Gasteiger partial charge in [-0.2, -0.15) is 8.42 Å². The highest BCUT2D eigenvalue weighted by Crippen LogP contribution is 2.36. The molecule has 0 spiro atoms. The Morgan fingerprint density at radius 2 is 1.91 bits per heavy atom. The Labute approximate surface area is 194 Å². The van der Waals surface area contributed by atoms with Gasteiger partial charge in [-0.15, -0.1) is 11.3 Å². The number of nitrogens with zero attached hydrogens (tertiary/aromatic N) is 2. The molecule has 2 aromatic carbocycles. The van der Waals surface area contributed by atoms with E-state index in [-0.39, 0.29) is 33.5 Å². The maximum Gasteiger partial charge on any atom is 0.335 e. The second-order valence-electron chi connectivity index (χ2n) is 7.43. The Bertz CT molecular complexity index is 1260. The molecule has 0 radical (unpaired) electrons. The van der Waals surface area contributed by atoms with Crippen LogP contribution < -0.4 is 9.04 Å². The molecule has 1 atom stereocenters. The molecule has 0 saturated carbocycles. The summed E-state index contributed by atoms with van der Waals surface area (Å²) < 4.78 is 61.4. The summed E-state index contributed by atoms with van der Waals surface area (Å²) in [4.78, 5) is 15.0. The first-order chi connectivity index (χ1) is 15.5. The van der Waals surface area contributed by atoms with E-state index >= 15 is 0 Å². The van der Waals surface area contributed by atoms with Crippen molar-refractivity contribution in [3.05, 3.63) is 70.0 Å². The molecule has 7 nitrogen and oxygen atoms in total. The van der Waals surface area contributed by atoms with Crippen molar-refractivity contribution in [2.24, 2.45) is 0 Å². The van der Waals surface area contributed by atoms with Crippen LogP contribution in [0.25, 0.3) is 0 Å². The van der Waals surface area contributed by atoms with Crippen LogP contribution in [0, 0.1) is 19.7 Å². The van der Waals surface area contributed by atoms with Crippen molar-refractivity contribution in [1.82, 2.24) is 4.98 Å². The Morgan fingerprint density at radius 3 is 2.45 bits per heavy atom. The van der Waals surface area contributed by atoms with Gasteiger partial charge in [0.25, 0.3) is 10.0 Å². The molecule has 176 valence electrons. The molecule has 0 aliphatic heterocycles. The number of alkyl halides is 1. The standard InChI is InChI=1S/C22H22F2N2O5S2/c1-13-8-20(31-11-16-4-6-17(7-5-16)21(27)28)19(9-18(13)24)26(10-14(2)23)33(29,30)22-25-15(3)12-32-22/h4-9,12,14H,10-11H2,1-3H3,(H,27,28). The predicted octanol–water partition coefficient (Wildman–Crippen LogP) is 4.73. The number of carboxylic acids is 1. The van der Waals surface area contributed by atoms with Crippen molar-refractivity contribution in [2.75, 3.05) is 10.8 Å². The van der Waals surface area contributed by atoms with Gasteiger partial charge >= 0.3 is 5.97 Å². The number of aromatic carboxylic acids is 1. The van der Waals surface area contributed by atoms with E-state index in [1.165, 1.54) is 32.0 Å². The molecule has 0 aliphatic rings. The van der Waals surface area contributed by atoms with Crippen molar-refractivity contribution in [1.29, 1.82) is 0 Å². The number of rotatable bonds is 9. The summed E-state index contributed by atoms with van der Waals surface area (Å²) in [5, 5.41) is 10.6. The van der Waals surface area contributed by atoms with E-state index in [1.54, 1.807) is 24.4 Å². The smallest absolute Gasteiger partial charge is 0.335 e. The quantitative estimate of drug-likeness (QED) is 0.460. The lowest BCUT2D eigenvalue weighted by Crippen LogP contribution is -2.36. The third-order valence-corrected chi connectivity index (χ3v) is 7.76. The van der Waals surface area contributed by atoms with Crippen molar-refractivity contribution >= 4 is 33.0 Å². The van der Waals surface area contributed by atoms with Crippen LogP contribution in [0.5, 0.6) is 5.75 Å². The van der Waals surface area contributed by atoms with Crippen LogP contribution in [0.4, 0.5) is 14.5 Å². The summed E-state index contributed by atoms with van der Waals surface area (Å²) in [6.07, 6.45) is -1.55. The van der Waals surface area contributed by atoms with Gasteiger partial charge < -0.3 is 9.84 Å². The molecule has 0 aliphatic carbocycles. The number of carbonyl (C=O) groups is 1. The molecule has 0 amide bonds. The molecule has 1 N–H and O–H groups in total. The third-order valence-electron chi connectivity index (χ3n) is 4.63. The van der Waals surface area contributed by atoms with E-state index in [0.29, 0.717) is 11.3 Å². The topological polar surface area (TPSA) is 96.8 Å². The fourth-order valence-corrected chi connectivity index (χ4v) is 5.63. The SMILES string of the molecule is Cc1csc(S(=O)(=O)N(CC(C)F)c2cc(F)c(C)cc2OCc2ccc(C(=O)O)cc2)n1. The molecule has 0 fully saturated rings. The molecule has 1 aromatic heterocycles. The largest absolute Gasteiger partial charge is 0.487 e. The van der Waals surface area contributed by atoms with Crippen LogP contribution in [0.3, 0.4) is 0 Å². The fraction of sp³-hybridized carbons (Fsp3) is 0.273. The highest BCUT2D eigenvalue weighted by Gasteiger charge is 2.32. The lowest BCUT2D eigenvalue weighted by Gasteiger charge is -2.26. The number of sulfonamides is 1. The molecule has 3 aromatic rings. The number of carboxylic acid groups (broad SMARTS) is 1. The van der Waals surface area contributed by atoms with Crippen molar-refractivity contribution in [3.63, 3.8) is 0 Å². The number of thiazole rings is 1. The Hall–Kier alpha value is -3.05. The summed E-state index contributed by atoms with van der Waals surface area (Å²) in [5.74, 6) is -1.71. The van der Waals surface area contributed by atoms with Crippen LogP contribution in [0.15, 0.2) is 46.1 Å². The van der Waals surface area contributed by atoms with Crippen molar-refractivity contribution in [3.8, 4) is 5.75 Å². The molecule has 11 heteroatoms. The molecule has 0 bridgehead atoms.